The van der Waals surface area contributed by atoms with Gasteiger partial charge in [0.15, 0.2) is 0 Å². The maximum Gasteiger partial charge on any atom is 0.123 e. The first-order valence-electron chi connectivity index (χ1n) is 5.68. The van der Waals surface area contributed by atoms with E-state index in [1.807, 2.05) is 12.1 Å². The molecule has 1 atom stereocenters. The molecule has 0 radical (unpaired) electrons. The van der Waals surface area contributed by atoms with Crippen LogP contribution in [0, 0.1) is 11.7 Å². The molecule has 0 saturated heterocycles. The van der Waals surface area contributed by atoms with Crippen LogP contribution in [-0.4, -0.2) is 18.5 Å². The average Bonchev–Trinajstić information content (AvgIpc) is 3.10. The zero-order valence-corrected chi connectivity index (χ0v) is 10.7. The molecule has 0 spiro atoms. The average molecular weight is 287 g/mol. The van der Waals surface area contributed by atoms with Gasteiger partial charge in [-0.05, 0) is 36.5 Å². The molecule has 0 N–H and O–H groups in total. The zero-order chi connectivity index (χ0) is 11.4. The third kappa shape index (κ3) is 3.56. The molecular weight excluding hydrogens is 271 g/mol. The number of rotatable bonds is 6. The minimum Gasteiger partial charge on any atom is -0.380 e. The Labute approximate surface area is 104 Å². The lowest BCUT2D eigenvalue weighted by Crippen LogP contribution is -2.10. The quantitative estimate of drug-likeness (QED) is 0.724. The molecule has 88 valence electrons. The van der Waals surface area contributed by atoms with Crippen molar-refractivity contribution < 1.29 is 9.13 Å². The lowest BCUT2D eigenvalue weighted by molar-refractivity contribution is 0.115. The van der Waals surface area contributed by atoms with Gasteiger partial charge in [-0.3, -0.25) is 0 Å². The largest absolute Gasteiger partial charge is 0.380 e. The SMILES string of the molecule is Fc1ccc(C(CBr)COCC2CC2)cc1. The van der Waals surface area contributed by atoms with Crippen LogP contribution >= 0.6 is 15.9 Å². The summed E-state index contributed by atoms with van der Waals surface area (Å²) in [6.45, 7) is 1.60. The third-order valence-corrected chi connectivity index (χ3v) is 3.68. The highest BCUT2D eigenvalue weighted by Crippen LogP contribution is 2.29. The summed E-state index contributed by atoms with van der Waals surface area (Å²) in [5.41, 5.74) is 1.13. The topological polar surface area (TPSA) is 9.23 Å². The third-order valence-electron chi connectivity index (χ3n) is 2.90. The molecule has 1 fully saturated rings. The van der Waals surface area contributed by atoms with Crippen molar-refractivity contribution >= 4 is 15.9 Å². The van der Waals surface area contributed by atoms with E-state index < -0.39 is 0 Å². The first-order valence-corrected chi connectivity index (χ1v) is 6.81. The number of benzene rings is 1. The summed E-state index contributed by atoms with van der Waals surface area (Å²) in [6, 6.07) is 6.68. The Balaban J connectivity index is 1.84. The summed E-state index contributed by atoms with van der Waals surface area (Å²) < 4.78 is 18.4. The van der Waals surface area contributed by atoms with E-state index >= 15 is 0 Å². The lowest BCUT2D eigenvalue weighted by atomic mass is 10.0. The van der Waals surface area contributed by atoms with Crippen LogP contribution in [0.15, 0.2) is 24.3 Å². The van der Waals surface area contributed by atoms with E-state index in [-0.39, 0.29) is 5.82 Å². The van der Waals surface area contributed by atoms with Crippen molar-refractivity contribution in [1.82, 2.24) is 0 Å². The normalized spacial score (nSPS) is 17.4. The fourth-order valence-electron chi connectivity index (χ4n) is 1.63. The molecule has 0 aliphatic heterocycles. The van der Waals surface area contributed by atoms with Gasteiger partial charge in [0.25, 0.3) is 0 Å². The first kappa shape index (κ1) is 12.1. The molecule has 1 aromatic carbocycles. The Morgan fingerprint density at radius 3 is 2.56 bits per heavy atom. The van der Waals surface area contributed by atoms with Crippen LogP contribution in [0.1, 0.15) is 24.3 Å². The molecule has 0 bridgehead atoms. The monoisotopic (exact) mass is 286 g/mol. The van der Waals surface area contributed by atoms with Gasteiger partial charge in [-0.2, -0.15) is 0 Å². The number of hydrogen-bond acceptors (Lipinski definition) is 1. The van der Waals surface area contributed by atoms with Crippen molar-refractivity contribution in [3.05, 3.63) is 35.6 Å². The van der Waals surface area contributed by atoms with Gasteiger partial charge < -0.3 is 4.74 Å². The zero-order valence-electron chi connectivity index (χ0n) is 9.16. The number of hydrogen-bond donors (Lipinski definition) is 0. The van der Waals surface area contributed by atoms with Gasteiger partial charge in [0, 0.05) is 17.9 Å². The fraction of sp³-hybridized carbons (Fsp3) is 0.538. The summed E-state index contributed by atoms with van der Waals surface area (Å²) in [6.07, 6.45) is 2.63. The molecule has 1 aromatic rings. The second kappa shape index (κ2) is 5.78. The molecule has 2 rings (SSSR count). The van der Waals surface area contributed by atoms with Gasteiger partial charge in [0.05, 0.1) is 6.61 Å². The van der Waals surface area contributed by atoms with E-state index in [0.717, 1.165) is 23.4 Å². The number of ether oxygens (including phenoxy) is 1. The van der Waals surface area contributed by atoms with Crippen molar-refractivity contribution in [2.45, 2.75) is 18.8 Å². The summed E-state index contributed by atoms with van der Waals surface area (Å²) in [5.74, 6) is 0.930. The maximum atomic E-state index is 12.8. The van der Waals surface area contributed by atoms with E-state index in [4.69, 9.17) is 4.74 Å². The van der Waals surface area contributed by atoms with E-state index in [9.17, 15) is 4.39 Å². The fourth-order valence-corrected chi connectivity index (χ4v) is 2.19. The maximum absolute atomic E-state index is 12.8. The number of halogens is 2. The van der Waals surface area contributed by atoms with E-state index in [0.29, 0.717) is 12.5 Å². The molecule has 0 amide bonds. The predicted octanol–water partition coefficient (Wildman–Crippen LogP) is 3.73. The lowest BCUT2D eigenvalue weighted by Gasteiger charge is -2.14. The molecule has 1 saturated carbocycles. The molecule has 1 aliphatic rings. The predicted molar refractivity (Wildman–Crippen MR) is 66.5 cm³/mol. The van der Waals surface area contributed by atoms with Crippen LogP contribution in [0.4, 0.5) is 4.39 Å². The van der Waals surface area contributed by atoms with Gasteiger partial charge in [-0.1, -0.05) is 28.1 Å². The summed E-state index contributed by atoms with van der Waals surface area (Å²) in [5, 5.41) is 0.850. The summed E-state index contributed by atoms with van der Waals surface area (Å²) in [7, 11) is 0. The Kier molecular flexibility index (Phi) is 4.36. The van der Waals surface area contributed by atoms with Crippen LogP contribution in [0.5, 0.6) is 0 Å². The van der Waals surface area contributed by atoms with Gasteiger partial charge >= 0.3 is 0 Å². The van der Waals surface area contributed by atoms with E-state index in [1.54, 1.807) is 0 Å². The van der Waals surface area contributed by atoms with Gasteiger partial charge in [-0.25, -0.2) is 4.39 Å². The van der Waals surface area contributed by atoms with Crippen molar-refractivity contribution in [2.75, 3.05) is 18.5 Å². The van der Waals surface area contributed by atoms with Gasteiger partial charge in [-0.15, -0.1) is 0 Å². The molecule has 0 heterocycles. The van der Waals surface area contributed by atoms with Crippen molar-refractivity contribution in [1.29, 1.82) is 0 Å². The molecule has 16 heavy (non-hydrogen) atoms. The smallest absolute Gasteiger partial charge is 0.123 e. The first-order chi connectivity index (χ1) is 7.79. The minimum absolute atomic E-state index is 0.184. The number of alkyl halides is 1. The van der Waals surface area contributed by atoms with Gasteiger partial charge in [0.2, 0.25) is 0 Å². The minimum atomic E-state index is -0.184. The van der Waals surface area contributed by atoms with Crippen LogP contribution in [-0.2, 0) is 4.74 Å². The van der Waals surface area contributed by atoms with Crippen molar-refractivity contribution in [2.24, 2.45) is 5.92 Å². The summed E-state index contributed by atoms with van der Waals surface area (Å²) in [4.78, 5) is 0. The van der Waals surface area contributed by atoms with Crippen LogP contribution in [0.25, 0.3) is 0 Å². The Hall–Kier alpha value is -0.410. The second-order valence-electron chi connectivity index (χ2n) is 4.38. The highest BCUT2D eigenvalue weighted by Gasteiger charge is 2.22. The highest BCUT2D eigenvalue weighted by atomic mass is 79.9. The van der Waals surface area contributed by atoms with Gasteiger partial charge in [0.1, 0.15) is 5.82 Å². The van der Waals surface area contributed by atoms with E-state index in [1.165, 1.54) is 25.0 Å². The van der Waals surface area contributed by atoms with Crippen molar-refractivity contribution in [3.8, 4) is 0 Å². The van der Waals surface area contributed by atoms with Crippen LogP contribution < -0.4 is 0 Å². The Bertz CT molecular complexity index is 321. The molecule has 1 nitrogen and oxygen atoms in total. The van der Waals surface area contributed by atoms with E-state index in [2.05, 4.69) is 15.9 Å². The van der Waals surface area contributed by atoms with Crippen LogP contribution in [0.3, 0.4) is 0 Å². The second-order valence-corrected chi connectivity index (χ2v) is 5.03. The molecular formula is C13H16BrFO. The Morgan fingerprint density at radius 1 is 1.31 bits per heavy atom. The van der Waals surface area contributed by atoms with Crippen LogP contribution in [0.2, 0.25) is 0 Å². The summed E-state index contributed by atoms with van der Waals surface area (Å²) >= 11 is 3.48. The molecule has 3 heteroatoms. The Morgan fingerprint density at radius 2 is 2.00 bits per heavy atom. The standard InChI is InChI=1S/C13H16BrFO/c14-7-12(9-16-8-10-1-2-10)11-3-5-13(15)6-4-11/h3-6,10,12H,1-2,7-9H2. The van der Waals surface area contributed by atoms with Crippen molar-refractivity contribution in [3.63, 3.8) is 0 Å². The molecule has 1 aliphatic carbocycles. The highest BCUT2D eigenvalue weighted by molar-refractivity contribution is 9.09. The molecule has 0 aromatic heterocycles. The molecule has 1 unspecified atom stereocenters.